The van der Waals surface area contributed by atoms with Gasteiger partial charge in [0, 0.05) is 38.6 Å². The summed E-state index contributed by atoms with van der Waals surface area (Å²) >= 11 is 0. The van der Waals surface area contributed by atoms with Crippen LogP contribution in [-0.4, -0.2) is 122 Å². The molecule has 0 aliphatic carbocycles. The summed E-state index contributed by atoms with van der Waals surface area (Å²) in [5.41, 5.74) is -0.820. The summed E-state index contributed by atoms with van der Waals surface area (Å²) in [4.78, 5) is 76.6. The molecule has 0 saturated carbocycles. The molecule has 19 nitrogen and oxygen atoms in total. The topological polar surface area (TPSA) is 223 Å². The Hall–Kier alpha value is -6.02. The van der Waals surface area contributed by atoms with Crippen LogP contribution in [0.1, 0.15) is 67.2 Å². The molecule has 0 aromatic heterocycles. The number of hydrogen-bond acceptors (Lipinski definition) is 15. The van der Waals surface area contributed by atoms with E-state index < -0.39 is 58.1 Å². The molecule has 2 aromatic carbocycles. The lowest BCUT2D eigenvalue weighted by Crippen LogP contribution is -2.38. The molecule has 3 aliphatic rings. The number of ether oxygens (including phenoxy) is 5. The molecule has 0 N–H and O–H groups in total. The monoisotopic (exact) mass is 795 g/mol. The van der Waals surface area contributed by atoms with Crippen molar-refractivity contribution in [3.05, 3.63) is 79.9 Å². The molecular weight excluding hydrogens is 749 g/mol. The van der Waals surface area contributed by atoms with Crippen LogP contribution in [0.15, 0.2) is 48.6 Å². The molecule has 0 spiro atoms. The number of nitrogens with zero attached hydrogens (tertiary/aromatic N) is 5. The fraction of sp³-hybridized carbons (Fsp3) is 0.459. The molecule has 2 unspecified atom stereocenters. The third-order valence-electron chi connectivity index (χ3n) is 9.29. The molecule has 2 aromatic rings. The number of benzene rings is 2. The summed E-state index contributed by atoms with van der Waals surface area (Å²) in [6.45, 7) is 13.7. The Kier molecular flexibility index (Phi) is 14.7. The molecule has 0 bridgehead atoms. The highest BCUT2D eigenvalue weighted by Gasteiger charge is 2.46. The molecule has 3 heterocycles. The zero-order chi connectivity index (χ0) is 42.1. The zero-order valence-electron chi connectivity index (χ0n) is 32.7. The normalized spacial score (nSPS) is 18.4. The largest absolute Gasteiger partial charge is 0.493 e. The van der Waals surface area contributed by atoms with Gasteiger partial charge in [0.2, 0.25) is 6.79 Å². The second-order valence-corrected chi connectivity index (χ2v) is 13.5. The van der Waals surface area contributed by atoms with Crippen LogP contribution < -0.4 is 18.9 Å². The maximum atomic E-state index is 13.4. The van der Waals surface area contributed by atoms with Crippen LogP contribution in [0.25, 0.3) is 0 Å². The van der Waals surface area contributed by atoms with E-state index in [4.69, 9.17) is 28.3 Å². The summed E-state index contributed by atoms with van der Waals surface area (Å²) in [6.07, 6.45) is 2.34. The van der Waals surface area contributed by atoms with Crippen molar-refractivity contribution in [2.45, 2.75) is 64.7 Å². The lowest BCUT2D eigenvalue weighted by Gasteiger charge is -2.24. The fourth-order valence-corrected chi connectivity index (χ4v) is 6.49. The number of amides is 2. The van der Waals surface area contributed by atoms with E-state index in [1.807, 2.05) is 0 Å². The van der Waals surface area contributed by atoms with E-state index in [2.05, 4.69) is 38.9 Å². The molecule has 306 valence electrons. The van der Waals surface area contributed by atoms with Gasteiger partial charge in [-0.3, -0.25) is 39.5 Å². The lowest BCUT2D eigenvalue weighted by molar-refractivity contribution is -0.385. The van der Waals surface area contributed by atoms with Gasteiger partial charge in [-0.25, -0.2) is 0 Å². The second kappa shape index (κ2) is 19.2. The average molecular weight is 796 g/mol. The number of carbonyl (C=O) groups is 4. The van der Waals surface area contributed by atoms with E-state index in [0.29, 0.717) is 30.5 Å². The van der Waals surface area contributed by atoms with Crippen LogP contribution in [-0.2, 0) is 19.0 Å². The Morgan fingerprint density at radius 2 is 1.40 bits per heavy atom. The van der Waals surface area contributed by atoms with Crippen molar-refractivity contribution in [1.29, 1.82) is 0 Å². The number of nitro benzene ring substituents is 2. The minimum atomic E-state index is -0.996. The standard InChI is InChI=1S/C30H30N4O13.C7H16BNO/c1-16-6-19(14-35)31(12-16)29(37)20-8-24(43-4)26(10-22(20)33(39)40)45-15-46-27-11-23(34(41)42)21(9-25(27)44-5)30(38)32-13-17(2)7-28(32)47-18(3)36;1-4-6-9(3)8-7(5-2)10-8/h8-11,14,19,28H,1-2,6-7,12-13,15H2,3-5H3;7H,4-6H2,1-3H3/t19-,28?;/m0./s1. The van der Waals surface area contributed by atoms with Crippen LogP contribution in [0.4, 0.5) is 11.4 Å². The molecule has 3 atom stereocenters. The summed E-state index contributed by atoms with van der Waals surface area (Å²) in [5, 5.41) is 23.9. The Morgan fingerprint density at radius 1 is 0.895 bits per heavy atom. The predicted octanol–water partition coefficient (Wildman–Crippen LogP) is 4.36. The summed E-state index contributed by atoms with van der Waals surface area (Å²) in [6, 6.07) is 3.78. The average Bonchev–Trinajstić information content (AvgIpc) is 3.75. The number of esters is 1. The third kappa shape index (κ3) is 10.4. The first-order valence-corrected chi connectivity index (χ1v) is 18.0. The highest BCUT2D eigenvalue weighted by atomic mass is 16.7. The van der Waals surface area contributed by atoms with Crippen molar-refractivity contribution in [3.63, 3.8) is 0 Å². The molecular formula is C37H46BN5O14. The number of aldehydes is 1. The van der Waals surface area contributed by atoms with Crippen LogP contribution in [0.5, 0.6) is 23.0 Å². The predicted molar refractivity (Wildman–Crippen MR) is 204 cm³/mol. The maximum Gasteiger partial charge on any atom is 0.410 e. The molecule has 2 amide bonds. The minimum absolute atomic E-state index is 0.00565. The van der Waals surface area contributed by atoms with Crippen LogP contribution in [0.3, 0.4) is 0 Å². The van der Waals surface area contributed by atoms with Crippen LogP contribution in [0, 0.1) is 20.2 Å². The number of nitro groups is 2. The maximum absolute atomic E-state index is 13.4. The smallest absolute Gasteiger partial charge is 0.410 e. The number of likely N-dealkylation sites (tertiary alicyclic amines) is 2. The third-order valence-corrected chi connectivity index (χ3v) is 9.29. The Balaban J connectivity index is 0.000000626. The van der Waals surface area contributed by atoms with E-state index >= 15 is 0 Å². The van der Waals surface area contributed by atoms with Crippen molar-refractivity contribution in [1.82, 2.24) is 14.6 Å². The lowest BCUT2D eigenvalue weighted by atomic mass is 9.84. The molecule has 3 saturated heterocycles. The fourth-order valence-electron chi connectivity index (χ4n) is 6.49. The molecule has 3 fully saturated rings. The molecule has 0 radical (unpaired) electrons. The van der Waals surface area contributed by atoms with E-state index in [9.17, 15) is 39.4 Å². The van der Waals surface area contributed by atoms with Crippen LogP contribution in [0.2, 0.25) is 0 Å². The molecule has 3 aliphatic heterocycles. The Labute approximate surface area is 329 Å². The van der Waals surface area contributed by atoms with Gasteiger partial charge in [0.05, 0.1) is 48.2 Å². The zero-order valence-corrected chi connectivity index (χ0v) is 32.7. The van der Waals surface area contributed by atoms with Crippen molar-refractivity contribution in [2.75, 3.05) is 47.7 Å². The van der Waals surface area contributed by atoms with E-state index in [-0.39, 0.29) is 60.1 Å². The van der Waals surface area contributed by atoms with Gasteiger partial charge in [0.15, 0.2) is 29.2 Å². The van der Waals surface area contributed by atoms with Gasteiger partial charge in [-0.1, -0.05) is 38.2 Å². The van der Waals surface area contributed by atoms with Gasteiger partial charge >= 0.3 is 13.0 Å². The minimum Gasteiger partial charge on any atom is -0.493 e. The highest BCUT2D eigenvalue weighted by Crippen LogP contribution is 2.39. The molecule has 57 heavy (non-hydrogen) atoms. The first-order chi connectivity index (χ1) is 27.1. The SMILES string of the molecule is C=C1CC(OC(C)=O)N(C(=O)c2cc(OC)c(OCOc3cc([N+](=O)[O-])c(C(=O)N4CC(=C)C[C@H]4C=O)cc3OC)cc2[N+](=O)[O-])C1.CCCN(C)B1OC1CC. The van der Waals surface area contributed by atoms with Gasteiger partial charge in [-0.05, 0) is 32.9 Å². The van der Waals surface area contributed by atoms with Crippen molar-refractivity contribution < 1.29 is 57.4 Å². The van der Waals surface area contributed by atoms with Crippen molar-refractivity contribution in [3.8, 4) is 23.0 Å². The quantitative estimate of drug-likeness (QED) is 0.0336. The van der Waals surface area contributed by atoms with Gasteiger partial charge in [-0.2, -0.15) is 0 Å². The summed E-state index contributed by atoms with van der Waals surface area (Å²) < 4.78 is 32.3. The Morgan fingerprint density at radius 3 is 1.84 bits per heavy atom. The van der Waals surface area contributed by atoms with Gasteiger partial charge < -0.3 is 42.8 Å². The van der Waals surface area contributed by atoms with Crippen molar-refractivity contribution in [2.24, 2.45) is 0 Å². The first-order valence-electron chi connectivity index (χ1n) is 18.0. The number of rotatable bonds is 16. The van der Waals surface area contributed by atoms with Gasteiger partial charge in [-0.15, -0.1) is 0 Å². The van der Waals surface area contributed by atoms with Gasteiger partial charge in [0.1, 0.15) is 17.4 Å². The van der Waals surface area contributed by atoms with Crippen LogP contribution >= 0.6 is 0 Å². The van der Waals surface area contributed by atoms with Gasteiger partial charge in [0.25, 0.3) is 23.2 Å². The van der Waals surface area contributed by atoms with E-state index in [0.717, 1.165) is 42.1 Å². The van der Waals surface area contributed by atoms with Crippen molar-refractivity contribution >= 4 is 42.5 Å². The highest BCUT2D eigenvalue weighted by molar-refractivity contribution is 6.58. The summed E-state index contributed by atoms with van der Waals surface area (Å²) in [5.74, 6) is -2.85. The number of carbonyl (C=O) groups excluding carboxylic acids is 4. The number of methoxy groups -OCH3 is 2. The first kappa shape index (κ1) is 43.7. The second-order valence-electron chi connectivity index (χ2n) is 13.5. The van der Waals surface area contributed by atoms with E-state index in [1.165, 1.54) is 32.5 Å². The Bertz CT molecular complexity index is 1920. The number of hydrogen-bond donors (Lipinski definition) is 0. The molecule has 20 heteroatoms. The summed E-state index contributed by atoms with van der Waals surface area (Å²) in [7, 11) is 5.03. The molecule has 5 rings (SSSR count). The van der Waals surface area contributed by atoms with E-state index in [1.54, 1.807) is 0 Å².